The number of benzene rings is 5. The molecule has 6 aromatic rings. The van der Waals surface area contributed by atoms with Crippen molar-refractivity contribution in [2.24, 2.45) is 20.5 Å². The zero-order valence-corrected chi connectivity index (χ0v) is 26.3. The van der Waals surface area contributed by atoms with Gasteiger partial charge in [0.25, 0.3) is 10.1 Å². The quantitative estimate of drug-likeness (QED) is 0.0211. The molecule has 48 heavy (non-hydrogen) atoms. The molecule has 0 saturated carbocycles. The van der Waals surface area contributed by atoms with Gasteiger partial charge < -0.3 is 10.8 Å². The van der Waals surface area contributed by atoms with E-state index in [0.29, 0.717) is 40.0 Å². The van der Waals surface area contributed by atoms with E-state index >= 15 is 0 Å². The number of pyridine rings is 1. The second kappa shape index (κ2) is 14.1. The number of hydrogen-bond acceptors (Lipinski definition) is 17. The van der Waals surface area contributed by atoms with Gasteiger partial charge >= 0.3 is 0 Å². The predicted octanol–water partition coefficient (Wildman–Crippen LogP) is 8.76. The zero-order chi connectivity index (χ0) is 33.8. The summed E-state index contributed by atoms with van der Waals surface area (Å²) in [7, 11) is -4.67. The average Bonchev–Trinajstić information content (AvgIpc) is 3.08. The third kappa shape index (κ3) is 6.90. The Balaban J connectivity index is 1.36. The molecule has 0 fully saturated rings. The number of nitrogens with zero attached hydrogens (tertiary/aromatic N) is 5. The van der Waals surface area contributed by atoms with Gasteiger partial charge in [0, 0.05) is 21.9 Å². The van der Waals surface area contributed by atoms with Gasteiger partial charge in [0.2, 0.25) is 0 Å². The molecule has 0 aliphatic rings. The van der Waals surface area contributed by atoms with E-state index < -0.39 is 20.8 Å². The molecule has 1 aromatic heterocycles. The van der Waals surface area contributed by atoms with Crippen molar-refractivity contribution in [1.82, 2.24) is 4.98 Å². The summed E-state index contributed by atoms with van der Waals surface area (Å²) in [5.74, 6) is -0.447. The summed E-state index contributed by atoms with van der Waals surface area (Å²) < 4.78 is 42.2. The largest absolute Gasteiger partial charge is 0.505 e. The maximum absolute atomic E-state index is 11.8. The molecule has 0 atom stereocenters. The summed E-state index contributed by atoms with van der Waals surface area (Å²) in [5, 5.41) is 55.5. The summed E-state index contributed by atoms with van der Waals surface area (Å²) in [6, 6.07) is 21.3. The monoisotopic (exact) mass is 708 g/mol. The molecule has 244 valence electrons. The predicted molar refractivity (Wildman–Crippen MR) is 175 cm³/mol. The molecule has 0 unspecified atom stereocenters. The van der Waals surface area contributed by atoms with Crippen molar-refractivity contribution in [2.75, 3.05) is 5.73 Å². The van der Waals surface area contributed by atoms with E-state index in [0.717, 1.165) is 39.8 Å². The first-order valence-corrected chi connectivity index (χ1v) is 16.2. The number of nitrogen functional groups attached to an aromatic ring is 1. The van der Waals surface area contributed by atoms with Crippen molar-refractivity contribution >= 4 is 95.1 Å². The Bertz CT molecular complexity index is 2360. The standard InChI is InChI=1S/C29H20N6O10S3/c30-21-14-20-16(13-26(21)48(39,40)41)12-25(47-45-43-38)28(29(20)36)35-33-22-8-9-23(27-19(22)4-2-10-31-27)34-32-17-6-7-18-15(11-17)3-1-5-24(18)46-44-42-37/h1-14,36-38H,30H2,(H,39,40,41)/b34-32+,35-33+. The lowest BCUT2D eigenvalue weighted by Gasteiger charge is -2.11. The molecule has 6 N–H and O–H groups in total. The molecule has 0 aliphatic carbocycles. The second-order valence-electron chi connectivity index (χ2n) is 9.67. The lowest BCUT2D eigenvalue weighted by molar-refractivity contribution is -0.432. The van der Waals surface area contributed by atoms with Crippen molar-refractivity contribution in [3.05, 3.63) is 85.1 Å². The molecule has 19 heteroatoms. The normalized spacial score (nSPS) is 12.3. The fourth-order valence-corrected chi connectivity index (χ4v) is 6.42. The van der Waals surface area contributed by atoms with E-state index in [2.05, 4.69) is 44.2 Å². The van der Waals surface area contributed by atoms with Gasteiger partial charge in [-0.3, -0.25) is 9.54 Å². The summed E-state index contributed by atoms with van der Waals surface area (Å²) in [4.78, 5) is 4.66. The lowest BCUT2D eigenvalue weighted by Crippen LogP contribution is -2.03. The first-order valence-electron chi connectivity index (χ1n) is 13.3. The molecule has 1 heterocycles. The van der Waals surface area contributed by atoms with Crippen LogP contribution in [0, 0.1) is 0 Å². The average molecular weight is 709 g/mol. The first-order chi connectivity index (χ1) is 23.2. The van der Waals surface area contributed by atoms with Crippen LogP contribution in [0.5, 0.6) is 5.75 Å². The molecular formula is C29H20N6O10S3. The van der Waals surface area contributed by atoms with Crippen molar-refractivity contribution in [3.63, 3.8) is 0 Å². The van der Waals surface area contributed by atoms with E-state index in [1.54, 1.807) is 42.6 Å². The van der Waals surface area contributed by atoms with Gasteiger partial charge in [-0.15, -0.1) is 24.0 Å². The van der Waals surface area contributed by atoms with Gasteiger partial charge in [-0.05, 0) is 76.8 Å². The number of nitrogens with two attached hydrogens (primary N) is 1. The zero-order valence-electron chi connectivity index (χ0n) is 23.9. The highest BCUT2D eigenvalue weighted by Gasteiger charge is 2.21. The Morgan fingerprint density at radius 1 is 0.729 bits per heavy atom. The van der Waals surface area contributed by atoms with E-state index in [9.17, 15) is 18.1 Å². The summed E-state index contributed by atoms with van der Waals surface area (Å²) >= 11 is 1.31. The fraction of sp³-hybridized carbons (Fsp3) is 0. The molecule has 0 spiro atoms. The van der Waals surface area contributed by atoms with E-state index in [1.807, 2.05) is 24.3 Å². The van der Waals surface area contributed by atoms with Crippen molar-refractivity contribution in [3.8, 4) is 5.75 Å². The van der Waals surface area contributed by atoms with E-state index in [1.165, 1.54) is 6.07 Å². The summed E-state index contributed by atoms with van der Waals surface area (Å²) in [6.45, 7) is 0. The van der Waals surface area contributed by atoms with Gasteiger partial charge in [-0.25, -0.2) is 10.5 Å². The Morgan fingerprint density at radius 3 is 2.25 bits per heavy atom. The highest BCUT2D eigenvalue weighted by molar-refractivity contribution is 7.95. The number of phenols is 1. The first kappa shape index (κ1) is 33.1. The maximum Gasteiger partial charge on any atom is 0.296 e. The molecule has 0 aliphatic heterocycles. The molecule has 5 aromatic carbocycles. The van der Waals surface area contributed by atoms with Crippen LogP contribution in [0.2, 0.25) is 0 Å². The van der Waals surface area contributed by atoms with Crippen LogP contribution >= 0.6 is 24.1 Å². The third-order valence-electron chi connectivity index (χ3n) is 6.85. The van der Waals surface area contributed by atoms with Gasteiger partial charge in [-0.1, -0.05) is 28.3 Å². The van der Waals surface area contributed by atoms with Crippen molar-refractivity contribution in [1.29, 1.82) is 0 Å². The van der Waals surface area contributed by atoms with Crippen LogP contribution in [0.1, 0.15) is 0 Å². The number of azo groups is 2. The highest BCUT2D eigenvalue weighted by atomic mass is 32.2. The van der Waals surface area contributed by atoms with Crippen LogP contribution in [-0.2, 0) is 28.9 Å². The lowest BCUT2D eigenvalue weighted by atomic mass is 10.1. The Labute approximate surface area is 278 Å². The number of phenolic OH excluding ortho intramolecular Hbond substituents is 1. The molecule has 0 bridgehead atoms. The molecular weight excluding hydrogens is 689 g/mol. The minimum absolute atomic E-state index is 0.0621. The van der Waals surface area contributed by atoms with Crippen LogP contribution in [0.4, 0.5) is 28.4 Å². The van der Waals surface area contributed by atoms with Gasteiger partial charge in [0.1, 0.15) is 16.3 Å². The fourth-order valence-electron chi connectivity index (χ4n) is 4.78. The highest BCUT2D eigenvalue weighted by Crippen LogP contribution is 2.46. The molecule has 0 radical (unpaired) electrons. The number of hydrogen-bond donors (Lipinski definition) is 5. The third-order valence-corrected chi connectivity index (χ3v) is 9.04. The van der Waals surface area contributed by atoms with Gasteiger partial charge in [0.05, 0.1) is 51.6 Å². The van der Waals surface area contributed by atoms with Crippen LogP contribution in [-0.4, -0.2) is 33.6 Å². The molecule has 0 amide bonds. The van der Waals surface area contributed by atoms with Gasteiger partial charge in [0.15, 0.2) is 5.75 Å². The molecule has 0 saturated heterocycles. The number of anilines is 1. The number of aromatic hydroxyl groups is 1. The Hall–Kier alpha value is -4.80. The SMILES string of the molecule is Nc1cc2c(O)c(/N=N/c3ccc(/N=N/c4ccc5c(SOOO)cccc5c4)c4ncccc34)c(SOOO)cc2cc1S(=O)(=O)O. The number of rotatable bonds is 11. The molecule has 16 nitrogen and oxygen atoms in total. The maximum atomic E-state index is 11.8. The van der Waals surface area contributed by atoms with Crippen molar-refractivity contribution < 1.29 is 47.3 Å². The Morgan fingerprint density at radius 2 is 1.48 bits per heavy atom. The van der Waals surface area contributed by atoms with Crippen molar-refractivity contribution in [2.45, 2.75) is 14.7 Å². The van der Waals surface area contributed by atoms with Crippen LogP contribution in [0.15, 0.2) is 120 Å². The van der Waals surface area contributed by atoms with Gasteiger partial charge in [-0.2, -0.15) is 13.5 Å². The van der Waals surface area contributed by atoms with Crippen LogP contribution in [0.3, 0.4) is 0 Å². The summed E-state index contributed by atoms with van der Waals surface area (Å²) in [5.41, 5.74) is 7.19. The van der Waals surface area contributed by atoms with Crippen LogP contribution < -0.4 is 5.73 Å². The number of fused-ring (bicyclic) bond motifs is 3. The topological polar surface area (TPSA) is 240 Å². The van der Waals surface area contributed by atoms with E-state index in [4.69, 9.17) is 16.2 Å². The summed E-state index contributed by atoms with van der Waals surface area (Å²) in [6.07, 6.45) is 1.58. The smallest absolute Gasteiger partial charge is 0.296 e. The Kier molecular flexibility index (Phi) is 9.75. The second-order valence-corrected chi connectivity index (χ2v) is 12.6. The minimum atomic E-state index is -4.67. The van der Waals surface area contributed by atoms with E-state index in [-0.39, 0.29) is 27.0 Å². The molecule has 6 rings (SSSR count). The minimum Gasteiger partial charge on any atom is -0.505 e. The van der Waals surface area contributed by atoms with Crippen LogP contribution in [0.25, 0.3) is 32.4 Å². The number of aromatic nitrogens is 1.